The minimum atomic E-state index is -1.04. The summed E-state index contributed by atoms with van der Waals surface area (Å²) in [6.45, 7) is 0. The highest BCUT2D eigenvalue weighted by atomic mass is 16.5. The number of carbonyl (C=O) groups is 2. The van der Waals surface area contributed by atoms with Crippen LogP contribution in [-0.2, 0) is 14.3 Å². The zero-order valence-corrected chi connectivity index (χ0v) is 9.63. The van der Waals surface area contributed by atoms with Gasteiger partial charge in [0.15, 0.2) is 6.10 Å². The number of nitrogens with one attached hydrogen (secondary N) is 1. The highest BCUT2D eigenvalue weighted by Gasteiger charge is 2.34. The first-order chi connectivity index (χ1) is 8.58. The molecule has 2 rings (SSSR count). The molecule has 1 fully saturated rings. The lowest BCUT2D eigenvalue weighted by Gasteiger charge is -2.12. The number of rotatable bonds is 3. The van der Waals surface area contributed by atoms with E-state index >= 15 is 0 Å². The van der Waals surface area contributed by atoms with Crippen LogP contribution in [-0.4, -0.2) is 29.2 Å². The molecule has 2 unspecified atom stereocenters. The van der Waals surface area contributed by atoms with Gasteiger partial charge >= 0.3 is 5.97 Å². The summed E-state index contributed by atoms with van der Waals surface area (Å²) in [5.74, 6) is -1.40. The summed E-state index contributed by atoms with van der Waals surface area (Å²) in [7, 11) is 0. The number of anilines is 2. The highest BCUT2D eigenvalue weighted by molar-refractivity contribution is 5.97. The zero-order valence-electron chi connectivity index (χ0n) is 9.63. The van der Waals surface area contributed by atoms with Gasteiger partial charge in [0.05, 0.1) is 11.4 Å². The fraction of sp³-hybridized carbons (Fsp3) is 0.333. The summed E-state index contributed by atoms with van der Waals surface area (Å²) >= 11 is 0. The first-order valence-electron chi connectivity index (χ1n) is 5.61. The van der Waals surface area contributed by atoms with Crippen molar-refractivity contribution < 1.29 is 19.4 Å². The van der Waals surface area contributed by atoms with Gasteiger partial charge in [-0.15, -0.1) is 0 Å². The molecule has 18 heavy (non-hydrogen) atoms. The van der Waals surface area contributed by atoms with E-state index in [9.17, 15) is 9.59 Å². The van der Waals surface area contributed by atoms with Gasteiger partial charge in [-0.25, -0.2) is 4.79 Å². The van der Waals surface area contributed by atoms with E-state index in [0.717, 1.165) is 0 Å². The lowest BCUT2D eigenvalue weighted by molar-refractivity contribution is -0.150. The molecule has 0 spiro atoms. The van der Waals surface area contributed by atoms with Crippen LogP contribution in [0.3, 0.4) is 0 Å². The predicted octanol–water partition coefficient (Wildman–Crippen LogP) is 0.839. The van der Waals surface area contributed by atoms with Crippen LogP contribution in [0.25, 0.3) is 0 Å². The van der Waals surface area contributed by atoms with Crippen molar-refractivity contribution in [2.24, 2.45) is 0 Å². The second-order valence-electron chi connectivity index (χ2n) is 4.11. The van der Waals surface area contributed by atoms with Gasteiger partial charge in [-0.2, -0.15) is 0 Å². The third-order valence-electron chi connectivity index (χ3n) is 2.81. The van der Waals surface area contributed by atoms with Crippen molar-refractivity contribution in [3.8, 4) is 0 Å². The number of para-hydroxylation sites is 2. The van der Waals surface area contributed by atoms with Gasteiger partial charge < -0.3 is 20.9 Å². The molecule has 1 aromatic carbocycles. The van der Waals surface area contributed by atoms with Crippen LogP contribution in [0, 0.1) is 0 Å². The van der Waals surface area contributed by atoms with Crippen molar-refractivity contribution in [2.45, 2.75) is 25.0 Å². The lowest BCUT2D eigenvalue weighted by Crippen LogP contribution is -2.30. The standard InChI is InChI=1S/C12H14N2O4/c13-7-3-1-2-4-8(7)14-11(15)9-5-6-10(18-9)12(16)17/h1-4,9-10H,5-6,13H2,(H,14,15)(H,16,17). The van der Waals surface area contributed by atoms with E-state index in [-0.39, 0.29) is 5.91 Å². The molecule has 1 heterocycles. The van der Waals surface area contributed by atoms with Crippen LogP contribution >= 0.6 is 0 Å². The maximum atomic E-state index is 11.9. The first kappa shape index (κ1) is 12.4. The molecule has 6 heteroatoms. The molecular weight excluding hydrogens is 236 g/mol. The van der Waals surface area contributed by atoms with Crippen molar-refractivity contribution in [1.29, 1.82) is 0 Å². The number of hydrogen-bond acceptors (Lipinski definition) is 4. The molecule has 1 saturated heterocycles. The van der Waals surface area contributed by atoms with Crippen molar-refractivity contribution in [1.82, 2.24) is 0 Å². The summed E-state index contributed by atoms with van der Waals surface area (Å²) in [5, 5.41) is 11.4. The number of benzene rings is 1. The second kappa shape index (κ2) is 5.05. The average Bonchev–Trinajstić information content (AvgIpc) is 2.81. The van der Waals surface area contributed by atoms with Gasteiger partial charge in [-0.3, -0.25) is 4.79 Å². The monoisotopic (exact) mass is 250 g/mol. The Hall–Kier alpha value is -2.08. The summed E-state index contributed by atoms with van der Waals surface area (Å²) in [6.07, 6.45) is -0.882. The fourth-order valence-electron chi connectivity index (χ4n) is 1.84. The molecule has 0 radical (unpaired) electrons. The molecule has 0 saturated carbocycles. The number of aliphatic carboxylic acids is 1. The van der Waals surface area contributed by atoms with Gasteiger partial charge in [-0.05, 0) is 25.0 Å². The van der Waals surface area contributed by atoms with Crippen LogP contribution in [0.2, 0.25) is 0 Å². The Bertz CT molecular complexity index is 475. The number of nitrogens with two attached hydrogens (primary N) is 1. The Morgan fingerprint density at radius 1 is 1.28 bits per heavy atom. The second-order valence-corrected chi connectivity index (χ2v) is 4.11. The van der Waals surface area contributed by atoms with Gasteiger partial charge in [0, 0.05) is 0 Å². The molecule has 96 valence electrons. The maximum Gasteiger partial charge on any atom is 0.332 e. The molecule has 1 aromatic rings. The number of amides is 1. The third-order valence-corrected chi connectivity index (χ3v) is 2.81. The molecule has 1 aliphatic rings. The summed E-state index contributed by atoms with van der Waals surface area (Å²) in [4.78, 5) is 22.6. The largest absolute Gasteiger partial charge is 0.479 e. The van der Waals surface area contributed by atoms with E-state index in [1.54, 1.807) is 24.3 Å². The SMILES string of the molecule is Nc1ccccc1NC(=O)C1CCC(C(=O)O)O1. The topological polar surface area (TPSA) is 102 Å². The van der Waals surface area contributed by atoms with E-state index in [2.05, 4.69) is 5.32 Å². The van der Waals surface area contributed by atoms with Crippen molar-refractivity contribution >= 4 is 23.3 Å². The van der Waals surface area contributed by atoms with Gasteiger partial charge in [-0.1, -0.05) is 12.1 Å². The Kier molecular flexibility index (Phi) is 3.47. The van der Waals surface area contributed by atoms with Crippen molar-refractivity contribution in [3.05, 3.63) is 24.3 Å². The van der Waals surface area contributed by atoms with Crippen LogP contribution in [0.4, 0.5) is 11.4 Å². The number of hydrogen-bond donors (Lipinski definition) is 3. The summed E-state index contributed by atoms with van der Waals surface area (Å²) < 4.78 is 5.14. The van der Waals surface area contributed by atoms with Gasteiger partial charge in [0.1, 0.15) is 6.10 Å². The van der Waals surface area contributed by atoms with Crippen LogP contribution in [0.1, 0.15) is 12.8 Å². The van der Waals surface area contributed by atoms with Gasteiger partial charge in [0.2, 0.25) is 0 Å². The Morgan fingerprint density at radius 2 is 1.94 bits per heavy atom. The van der Waals surface area contributed by atoms with E-state index in [1.807, 2.05) is 0 Å². The van der Waals surface area contributed by atoms with Crippen molar-refractivity contribution in [2.75, 3.05) is 11.1 Å². The number of carboxylic acid groups (broad SMARTS) is 1. The fourth-order valence-corrected chi connectivity index (χ4v) is 1.84. The minimum absolute atomic E-state index is 0.345. The van der Waals surface area contributed by atoms with E-state index < -0.39 is 18.2 Å². The molecule has 0 aromatic heterocycles. The lowest BCUT2D eigenvalue weighted by atomic mass is 10.2. The van der Waals surface area contributed by atoms with Gasteiger partial charge in [0.25, 0.3) is 5.91 Å². The van der Waals surface area contributed by atoms with Crippen LogP contribution < -0.4 is 11.1 Å². The first-order valence-corrected chi connectivity index (χ1v) is 5.61. The number of ether oxygens (including phenoxy) is 1. The highest BCUT2D eigenvalue weighted by Crippen LogP contribution is 2.23. The maximum absolute atomic E-state index is 11.9. The molecule has 4 N–H and O–H groups in total. The quantitative estimate of drug-likeness (QED) is 0.690. The Labute approximate surface area is 104 Å². The normalized spacial score (nSPS) is 22.7. The average molecular weight is 250 g/mol. The minimum Gasteiger partial charge on any atom is -0.479 e. The molecule has 0 bridgehead atoms. The zero-order chi connectivity index (χ0) is 13.1. The Balaban J connectivity index is 1.98. The molecule has 2 atom stereocenters. The number of carboxylic acids is 1. The van der Waals surface area contributed by atoms with Crippen LogP contribution in [0.15, 0.2) is 24.3 Å². The third kappa shape index (κ3) is 2.60. The smallest absolute Gasteiger partial charge is 0.332 e. The van der Waals surface area contributed by atoms with Crippen molar-refractivity contribution in [3.63, 3.8) is 0 Å². The number of nitrogen functional groups attached to an aromatic ring is 1. The Morgan fingerprint density at radius 3 is 2.56 bits per heavy atom. The van der Waals surface area contributed by atoms with E-state index in [1.165, 1.54) is 0 Å². The summed E-state index contributed by atoms with van der Waals surface area (Å²) in [6, 6.07) is 6.86. The molecule has 1 aliphatic heterocycles. The number of carbonyl (C=O) groups excluding carboxylic acids is 1. The molecule has 1 amide bonds. The molecule has 6 nitrogen and oxygen atoms in total. The van der Waals surface area contributed by atoms with Crippen LogP contribution in [0.5, 0.6) is 0 Å². The van der Waals surface area contributed by atoms with E-state index in [4.69, 9.17) is 15.6 Å². The summed E-state index contributed by atoms with van der Waals surface area (Å²) in [5.41, 5.74) is 6.65. The van der Waals surface area contributed by atoms with E-state index in [0.29, 0.717) is 24.2 Å². The predicted molar refractivity (Wildman–Crippen MR) is 65.0 cm³/mol. The molecule has 0 aliphatic carbocycles. The molecular formula is C12H14N2O4.